The van der Waals surface area contributed by atoms with Gasteiger partial charge in [0.15, 0.2) is 21.3 Å². The number of sulfone groups is 1. The summed E-state index contributed by atoms with van der Waals surface area (Å²) in [5.41, 5.74) is 6.31. The van der Waals surface area contributed by atoms with E-state index in [0.29, 0.717) is 21.3 Å². The highest BCUT2D eigenvalue weighted by molar-refractivity contribution is 7.93. The number of nitrogens with two attached hydrogens (primary N) is 1. The van der Waals surface area contributed by atoms with Crippen LogP contribution in [-0.2, 0) is 9.84 Å². The van der Waals surface area contributed by atoms with Crippen molar-refractivity contribution < 1.29 is 17.9 Å². The fourth-order valence-electron chi connectivity index (χ4n) is 2.12. The van der Waals surface area contributed by atoms with Crippen LogP contribution in [0, 0.1) is 0 Å². The molecule has 20 heavy (non-hydrogen) atoms. The van der Waals surface area contributed by atoms with E-state index in [4.69, 9.17) is 15.2 Å². The Kier molecular flexibility index (Phi) is 3.41. The van der Waals surface area contributed by atoms with Gasteiger partial charge in [0.25, 0.3) is 0 Å². The molecule has 0 bridgehead atoms. The fourth-order valence-corrected chi connectivity index (χ4v) is 4.93. The molecule has 0 unspecified atom stereocenters. The Balaban J connectivity index is 2.02. The van der Waals surface area contributed by atoms with Crippen molar-refractivity contribution in [2.24, 2.45) is 5.73 Å². The quantitative estimate of drug-likeness (QED) is 0.933. The standard InChI is InChI=1S/C13H13NO4S2/c14-7-12(20(15,16)13-2-1-5-19-13)9-3-4-10-11(6-9)18-8-17-10/h1-6,12H,7-8,14H2/t12-/m1/s1. The molecule has 0 radical (unpaired) electrons. The van der Waals surface area contributed by atoms with Crippen LogP contribution in [0.3, 0.4) is 0 Å². The number of thiophene rings is 1. The molecule has 1 aromatic carbocycles. The minimum Gasteiger partial charge on any atom is -0.454 e. The summed E-state index contributed by atoms with van der Waals surface area (Å²) in [7, 11) is -3.48. The van der Waals surface area contributed by atoms with Crippen LogP contribution in [0.4, 0.5) is 0 Å². The van der Waals surface area contributed by atoms with E-state index in [2.05, 4.69) is 0 Å². The molecule has 0 saturated heterocycles. The molecule has 3 rings (SSSR count). The van der Waals surface area contributed by atoms with E-state index in [1.807, 2.05) is 0 Å². The van der Waals surface area contributed by atoms with Crippen molar-refractivity contribution in [2.75, 3.05) is 13.3 Å². The van der Waals surface area contributed by atoms with Crippen LogP contribution in [0.2, 0.25) is 0 Å². The number of hydrogen-bond donors (Lipinski definition) is 1. The van der Waals surface area contributed by atoms with Crippen LogP contribution in [0.1, 0.15) is 10.8 Å². The Morgan fingerprint density at radius 1 is 1.25 bits per heavy atom. The maximum atomic E-state index is 12.6. The Labute approximate surface area is 120 Å². The molecule has 2 heterocycles. The van der Waals surface area contributed by atoms with Gasteiger partial charge in [0.1, 0.15) is 9.46 Å². The molecule has 1 atom stereocenters. The van der Waals surface area contributed by atoms with Gasteiger partial charge < -0.3 is 15.2 Å². The Morgan fingerprint density at radius 2 is 2.05 bits per heavy atom. The Bertz CT molecular complexity index is 710. The summed E-state index contributed by atoms with van der Waals surface area (Å²) >= 11 is 1.19. The highest BCUT2D eigenvalue weighted by Gasteiger charge is 2.30. The molecular weight excluding hydrogens is 298 g/mol. The van der Waals surface area contributed by atoms with Gasteiger partial charge in [-0.25, -0.2) is 8.42 Å². The molecule has 0 saturated carbocycles. The van der Waals surface area contributed by atoms with Gasteiger partial charge in [0.05, 0.1) is 0 Å². The van der Waals surface area contributed by atoms with Crippen molar-refractivity contribution in [1.82, 2.24) is 0 Å². The molecule has 1 aliphatic heterocycles. The third-order valence-corrected chi connectivity index (χ3v) is 6.69. The second-order valence-electron chi connectivity index (χ2n) is 4.31. The molecule has 0 aliphatic carbocycles. The molecule has 1 aromatic heterocycles. The molecular formula is C13H13NO4S2. The van der Waals surface area contributed by atoms with Crippen LogP contribution in [0.25, 0.3) is 0 Å². The number of ether oxygens (including phenoxy) is 2. The summed E-state index contributed by atoms with van der Waals surface area (Å²) in [6.07, 6.45) is 0. The molecule has 0 spiro atoms. The lowest BCUT2D eigenvalue weighted by molar-refractivity contribution is 0.174. The van der Waals surface area contributed by atoms with Crippen molar-refractivity contribution >= 4 is 21.2 Å². The van der Waals surface area contributed by atoms with Crippen LogP contribution in [0.15, 0.2) is 39.9 Å². The van der Waals surface area contributed by atoms with Crippen LogP contribution >= 0.6 is 11.3 Å². The van der Waals surface area contributed by atoms with E-state index >= 15 is 0 Å². The van der Waals surface area contributed by atoms with Gasteiger partial charge in [-0.15, -0.1) is 11.3 Å². The highest BCUT2D eigenvalue weighted by Crippen LogP contribution is 2.37. The maximum Gasteiger partial charge on any atom is 0.231 e. The number of rotatable bonds is 4. The first-order chi connectivity index (χ1) is 9.63. The van der Waals surface area contributed by atoms with Crippen LogP contribution in [0.5, 0.6) is 11.5 Å². The zero-order chi connectivity index (χ0) is 14.2. The van der Waals surface area contributed by atoms with Gasteiger partial charge in [-0.05, 0) is 29.1 Å². The van der Waals surface area contributed by atoms with Gasteiger partial charge in [-0.2, -0.15) is 0 Å². The van der Waals surface area contributed by atoms with Crippen molar-refractivity contribution in [3.63, 3.8) is 0 Å². The van der Waals surface area contributed by atoms with E-state index < -0.39 is 15.1 Å². The molecule has 0 amide bonds. The summed E-state index contributed by atoms with van der Waals surface area (Å²) in [6.45, 7) is 0.170. The first-order valence-electron chi connectivity index (χ1n) is 6.00. The van der Waals surface area contributed by atoms with E-state index in [0.717, 1.165) is 0 Å². The lowest BCUT2D eigenvalue weighted by Gasteiger charge is -2.15. The van der Waals surface area contributed by atoms with E-state index in [1.165, 1.54) is 11.3 Å². The smallest absolute Gasteiger partial charge is 0.231 e. The average Bonchev–Trinajstić information content (AvgIpc) is 3.10. The van der Waals surface area contributed by atoms with E-state index in [9.17, 15) is 8.42 Å². The van der Waals surface area contributed by atoms with Gasteiger partial charge in [0.2, 0.25) is 6.79 Å². The van der Waals surface area contributed by atoms with Crippen LogP contribution in [-0.4, -0.2) is 21.8 Å². The Hall–Kier alpha value is -1.57. The molecule has 2 aromatic rings. The number of benzene rings is 1. The average molecular weight is 311 g/mol. The molecule has 7 heteroatoms. The number of fused-ring (bicyclic) bond motifs is 1. The summed E-state index contributed by atoms with van der Waals surface area (Å²) in [6, 6.07) is 8.42. The lowest BCUT2D eigenvalue weighted by Crippen LogP contribution is -2.21. The summed E-state index contributed by atoms with van der Waals surface area (Å²) in [5.74, 6) is 1.18. The Morgan fingerprint density at radius 3 is 2.75 bits per heavy atom. The van der Waals surface area contributed by atoms with Gasteiger partial charge in [-0.1, -0.05) is 12.1 Å². The normalized spacial score (nSPS) is 15.2. The maximum absolute atomic E-state index is 12.6. The SMILES string of the molecule is NC[C@H](c1ccc2c(c1)OCO2)S(=O)(=O)c1cccs1. The predicted octanol–water partition coefficient (Wildman–Crippen LogP) is 1.95. The fraction of sp³-hybridized carbons (Fsp3) is 0.231. The first-order valence-corrected chi connectivity index (χ1v) is 8.42. The zero-order valence-electron chi connectivity index (χ0n) is 10.5. The number of hydrogen-bond acceptors (Lipinski definition) is 6. The van der Waals surface area contributed by atoms with E-state index in [-0.39, 0.29) is 13.3 Å². The predicted molar refractivity (Wildman–Crippen MR) is 75.9 cm³/mol. The molecule has 1 aliphatic rings. The molecule has 2 N–H and O–H groups in total. The molecule has 106 valence electrons. The summed E-state index contributed by atoms with van der Waals surface area (Å²) < 4.78 is 36.0. The summed E-state index contributed by atoms with van der Waals surface area (Å²) in [4.78, 5) is 0. The van der Waals surface area contributed by atoms with Gasteiger partial charge in [0, 0.05) is 6.54 Å². The second-order valence-corrected chi connectivity index (χ2v) is 7.62. The van der Waals surface area contributed by atoms with Crippen molar-refractivity contribution in [1.29, 1.82) is 0 Å². The van der Waals surface area contributed by atoms with Crippen molar-refractivity contribution in [3.8, 4) is 11.5 Å². The largest absolute Gasteiger partial charge is 0.454 e. The molecule has 5 nitrogen and oxygen atoms in total. The lowest BCUT2D eigenvalue weighted by atomic mass is 10.1. The van der Waals surface area contributed by atoms with E-state index in [1.54, 1.807) is 35.7 Å². The third kappa shape index (κ3) is 2.17. The first kappa shape index (κ1) is 13.4. The summed E-state index contributed by atoms with van der Waals surface area (Å²) in [5, 5.41) is 0.954. The monoisotopic (exact) mass is 311 g/mol. The third-order valence-electron chi connectivity index (χ3n) is 3.13. The topological polar surface area (TPSA) is 78.6 Å². The van der Waals surface area contributed by atoms with Gasteiger partial charge >= 0.3 is 0 Å². The minimum absolute atomic E-state index is 0.0138. The van der Waals surface area contributed by atoms with Crippen molar-refractivity contribution in [3.05, 3.63) is 41.3 Å². The zero-order valence-corrected chi connectivity index (χ0v) is 12.1. The minimum atomic E-state index is -3.48. The highest BCUT2D eigenvalue weighted by atomic mass is 32.2. The van der Waals surface area contributed by atoms with Crippen LogP contribution < -0.4 is 15.2 Å². The van der Waals surface area contributed by atoms with Gasteiger partial charge in [-0.3, -0.25) is 0 Å². The van der Waals surface area contributed by atoms with Crippen molar-refractivity contribution in [2.45, 2.75) is 9.46 Å². The second kappa shape index (κ2) is 5.08. The molecule has 0 fully saturated rings.